The topological polar surface area (TPSA) is 0 Å². The van der Waals surface area contributed by atoms with Crippen molar-refractivity contribution in [3.8, 4) is 0 Å². The van der Waals surface area contributed by atoms with E-state index in [9.17, 15) is 0 Å². The minimum Gasteiger partial charge on any atom is -0.168 e. The smallest absolute Gasteiger partial charge is 0 e. The molecule has 0 atom stereocenters. The first kappa shape index (κ1) is 14.8. The Labute approximate surface area is 124 Å². The number of fused-ring (bicyclic) bond motifs is 1. The van der Waals surface area contributed by atoms with Crippen LogP contribution in [0, 0.1) is 19.3 Å². The molecular weight excluding hydrogens is 371 g/mol. The molecule has 0 saturated heterocycles. The molecule has 1 heteroatoms. The molecule has 2 rings (SSSR count). The molecule has 0 spiro atoms. The van der Waals surface area contributed by atoms with E-state index in [0.717, 1.165) is 6.42 Å². The van der Waals surface area contributed by atoms with Crippen molar-refractivity contribution in [3.63, 3.8) is 0 Å². The normalized spacial score (nSPS) is 11.6. The van der Waals surface area contributed by atoms with Crippen LogP contribution in [0.1, 0.15) is 37.5 Å². The average molecular weight is 392 g/mol. The summed E-state index contributed by atoms with van der Waals surface area (Å²) in [6.45, 7) is 11.3. The minimum atomic E-state index is 0. The van der Waals surface area contributed by atoms with Crippen LogP contribution in [0.5, 0.6) is 0 Å². The van der Waals surface area contributed by atoms with Crippen LogP contribution >= 0.6 is 0 Å². The van der Waals surface area contributed by atoms with Gasteiger partial charge in [-0.1, -0.05) is 38.3 Å². The summed E-state index contributed by atoms with van der Waals surface area (Å²) in [5.41, 5.74) is 4.64. The van der Waals surface area contributed by atoms with Crippen molar-refractivity contribution in [2.75, 3.05) is 0 Å². The summed E-state index contributed by atoms with van der Waals surface area (Å²) in [6.07, 6.45) is 1.15. The third kappa shape index (κ3) is 3.34. The predicted octanol–water partition coefficient (Wildman–Crippen LogP) is 4.76. The molecule has 0 aromatic heterocycles. The molecule has 0 saturated carbocycles. The zero-order valence-electron chi connectivity index (χ0n) is 11.5. The van der Waals surface area contributed by atoms with Crippen LogP contribution < -0.4 is 0 Å². The van der Waals surface area contributed by atoms with Crippen LogP contribution in [0.2, 0.25) is 0 Å². The molecule has 0 aliphatic rings. The molecule has 0 fully saturated rings. The summed E-state index contributed by atoms with van der Waals surface area (Å²) in [6, 6.07) is 9.18. The van der Waals surface area contributed by atoms with Crippen molar-refractivity contribution in [1.29, 1.82) is 0 Å². The number of aryl methyl sites for hydroxylation is 2. The van der Waals surface area contributed by atoms with Crippen LogP contribution in [0.15, 0.2) is 24.3 Å². The molecule has 0 nitrogen and oxygen atoms in total. The second-order valence-corrected chi connectivity index (χ2v) is 6.12. The molecule has 0 unspecified atom stereocenters. The summed E-state index contributed by atoms with van der Waals surface area (Å²) >= 11 is 0. The third-order valence-corrected chi connectivity index (χ3v) is 3.20. The maximum absolute atomic E-state index is 2.34. The van der Waals surface area contributed by atoms with Crippen molar-refractivity contribution >= 4 is 10.8 Å². The molecule has 0 bridgehead atoms. The van der Waals surface area contributed by atoms with Crippen LogP contribution in [-0.2, 0) is 32.3 Å². The SMILES string of the molecule is Cc1cc2cc[c-](CC(C)(C)C)c2cc1C.[Hf]. The van der Waals surface area contributed by atoms with Gasteiger partial charge in [-0.2, -0.15) is 6.07 Å². The van der Waals surface area contributed by atoms with E-state index in [-0.39, 0.29) is 25.8 Å². The Balaban J connectivity index is 0.00000144. The molecule has 2 aromatic rings. The second kappa shape index (κ2) is 5.14. The van der Waals surface area contributed by atoms with Gasteiger partial charge in [-0.3, -0.25) is 0 Å². The van der Waals surface area contributed by atoms with Gasteiger partial charge in [-0.25, -0.2) is 0 Å². The van der Waals surface area contributed by atoms with Gasteiger partial charge in [0.15, 0.2) is 0 Å². The van der Waals surface area contributed by atoms with Crippen molar-refractivity contribution in [3.05, 3.63) is 41.0 Å². The molecule has 0 N–H and O–H groups in total. The van der Waals surface area contributed by atoms with E-state index in [0.29, 0.717) is 5.41 Å². The maximum atomic E-state index is 2.34. The van der Waals surface area contributed by atoms with E-state index >= 15 is 0 Å². The first-order valence-corrected chi connectivity index (χ1v) is 6.02. The Morgan fingerprint density at radius 3 is 2.24 bits per heavy atom. The van der Waals surface area contributed by atoms with Crippen molar-refractivity contribution in [2.24, 2.45) is 5.41 Å². The quantitative estimate of drug-likeness (QED) is 0.485. The van der Waals surface area contributed by atoms with Gasteiger partial charge in [0.25, 0.3) is 0 Å². The fourth-order valence-corrected chi connectivity index (χ4v) is 2.26. The van der Waals surface area contributed by atoms with E-state index in [2.05, 4.69) is 58.9 Å². The van der Waals surface area contributed by atoms with Crippen molar-refractivity contribution < 1.29 is 25.8 Å². The molecule has 0 amide bonds. The standard InChI is InChI=1S/C16H21.Hf/c1-11-8-13-6-7-14(10-16(3,4)5)15(13)9-12(11)2;/h6-9H,10H2,1-5H3;/q-1;. The molecule has 2 aromatic carbocycles. The monoisotopic (exact) mass is 393 g/mol. The Hall–Kier alpha value is -0.300. The summed E-state index contributed by atoms with van der Waals surface area (Å²) in [5, 5.41) is 2.83. The van der Waals surface area contributed by atoms with Gasteiger partial charge >= 0.3 is 0 Å². The molecule has 17 heavy (non-hydrogen) atoms. The van der Waals surface area contributed by atoms with Gasteiger partial charge < -0.3 is 0 Å². The van der Waals surface area contributed by atoms with Crippen LogP contribution in [-0.4, -0.2) is 0 Å². The number of hydrogen-bond donors (Lipinski definition) is 0. The summed E-state index contributed by atoms with van der Waals surface area (Å²) in [4.78, 5) is 0. The summed E-state index contributed by atoms with van der Waals surface area (Å²) in [7, 11) is 0. The van der Waals surface area contributed by atoms with Crippen LogP contribution in [0.4, 0.5) is 0 Å². The van der Waals surface area contributed by atoms with E-state index in [1.165, 1.54) is 27.5 Å². The second-order valence-electron chi connectivity index (χ2n) is 6.12. The Bertz CT molecular complexity index is 512. The minimum absolute atomic E-state index is 0. The Morgan fingerprint density at radius 1 is 1.06 bits per heavy atom. The number of rotatable bonds is 1. The van der Waals surface area contributed by atoms with Crippen molar-refractivity contribution in [2.45, 2.75) is 41.0 Å². The zero-order valence-corrected chi connectivity index (χ0v) is 15.1. The van der Waals surface area contributed by atoms with Gasteiger partial charge in [0.2, 0.25) is 0 Å². The van der Waals surface area contributed by atoms with Gasteiger partial charge in [0.1, 0.15) is 0 Å². The van der Waals surface area contributed by atoms with Crippen molar-refractivity contribution in [1.82, 2.24) is 0 Å². The van der Waals surface area contributed by atoms with E-state index < -0.39 is 0 Å². The fourth-order valence-electron chi connectivity index (χ4n) is 2.26. The Kier molecular flexibility index (Phi) is 4.46. The molecular formula is C16H21Hf-. The number of benzene rings is 1. The number of hydrogen-bond acceptors (Lipinski definition) is 0. The summed E-state index contributed by atoms with van der Waals surface area (Å²) in [5.74, 6) is 0. The maximum Gasteiger partial charge on any atom is 0 e. The van der Waals surface area contributed by atoms with E-state index in [1.54, 1.807) is 0 Å². The average Bonchev–Trinajstić information content (AvgIpc) is 2.47. The zero-order chi connectivity index (χ0) is 11.9. The van der Waals surface area contributed by atoms with E-state index in [1.807, 2.05) is 0 Å². The largest absolute Gasteiger partial charge is 0.168 e. The first-order chi connectivity index (χ1) is 7.37. The third-order valence-electron chi connectivity index (χ3n) is 3.20. The van der Waals surface area contributed by atoms with Gasteiger partial charge in [-0.05, 0) is 19.3 Å². The predicted molar refractivity (Wildman–Crippen MR) is 72.2 cm³/mol. The van der Waals surface area contributed by atoms with Crippen LogP contribution in [0.25, 0.3) is 10.8 Å². The van der Waals surface area contributed by atoms with E-state index in [4.69, 9.17) is 0 Å². The molecule has 0 heterocycles. The molecule has 0 aliphatic heterocycles. The van der Waals surface area contributed by atoms with Gasteiger partial charge in [0, 0.05) is 25.8 Å². The molecule has 90 valence electrons. The van der Waals surface area contributed by atoms with Gasteiger partial charge in [0.05, 0.1) is 0 Å². The van der Waals surface area contributed by atoms with Gasteiger partial charge in [-0.15, -0.1) is 34.5 Å². The Morgan fingerprint density at radius 2 is 1.65 bits per heavy atom. The fraction of sp³-hybridized carbons (Fsp3) is 0.438. The summed E-state index contributed by atoms with van der Waals surface area (Å²) < 4.78 is 0. The molecule has 0 aliphatic carbocycles. The van der Waals surface area contributed by atoms with Crippen LogP contribution in [0.3, 0.4) is 0 Å². The molecule has 0 radical (unpaired) electrons. The first-order valence-electron chi connectivity index (χ1n) is 6.02.